The molecule has 0 aliphatic carbocycles. The van der Waals surface area contributed by atoms with E-state index in [0.29, 0.717) is 26.1 Å². The number of nitrogens with zero attached hydrogens (tertiary/aromatic N) is 3. The zero-order valence-corrected chi connectivity index (χ0v) is 16.7. The summed E-state index contributed by atoms with van der Waals surface area (Å²) in [6.07, 6.45) is 2.82. The van der Waals surface area contributed by atoms with Crippen LogP contribution in [-0.2, 0) is 23.2 Å². The Bertz CT molecular complexity index is 884. The molecule has 2 aliphatic rings. The molecular formula is C21H29N5O2. The van der Waals surface area contributed by atoms with Gasteiger partial charge in [0.05, 0.1) is 22.9 Å². The second kappa shape index (κ2) is 7.91. The second-order valence-electron chi connectivity index (χ2n) is 8.08. The fourth-order valence-corrected chi connectivity index (χ4v) is 4.33. The SMILES string of the molecule is Cc1nc2cc(CNC(=O)[C@H]3CNC[C@@H](C(=O)N4CCCC4)C3)ccc2n1C. The lowest BCUT2D eigenvalue weighted by Crippen LogP contribution is -2.48. The molecule has 1 aromatic carbocycles. The average molecular weight is 383 g/mol. The third kappa shape index (κ3) is 3.76. The molecule has 0 saturated carbocycles. The number of nitrogens with one attached hydrogen (secondary N) is 2. The fraction of sp³-hybridized carbons (Fsp3) is 0.571. The molecule has 1 aromatic heterocycles. The number of hydrogen-bond acceptors (Lipinski definition) is 4. The summed E-state index contributed by atoms with van der Waals surface area (Å²) >= 11 is 0. The van der Waals surface area contributed by atoms with E-state index in [-0.39, 0.29) is 23.7 Å². The summed E-state index contributed by atoms with van der Waals surface area (Å²) in [5.74, 6) is 0.946. The van der Waals surface area contributed by atoms with E-state index >= 15 is 0 Å². The minimum Gasteiger partial charge on any atom is -0.352 e. The van der Waals surface area contributed by atoms with Gasteiger partial charge in [-0.3, -0.25) is 9.59 Å². The van der Waals surface area contributed by atoms with Gasteiger partial charge in [0.1, 0.15) is 5.82 Å². The molecular weight excluding hydrogens is 354 g/mol. The standard InChI is InChI=1S/C21H29N5O2/c1-14-24-18-9-15(5-6-19(18)25(14)2)11-23-20(27)16-10-17(13-22-12-16)21(28)26-7-3-4-8-26/h5-6,9,16-17,22H,3-4,7-8,10-13H2,1-2H3,(H,23,27)/t16-,17+/m1/s1. The maximum Gasteiger partial charge on any atom is 0.226 e. The highest BCUT2D eigenvalue weighted by atomic mass is 16.2. The molecule has 4 rings (SSSR count). The van der Waals surface area contributed by atoms with Crippen LogP contribution in [0, 0.1) is 18.8 Å². The molecule has 0 spiro atoms. The molecule has 0 unspecified atom stereocenters. The Balaban J connectivity index is 1.34. The zero-order chi connectivity index (χ0) is 19.7. The van der Waals surface area contributed by atoms with Crippen molar-refractivity contribution in [2.45, 2.75) is 32.7 Å². The second-order valence-corrected chi connectivity index (χ2v) is 8.08. The smallest absolute Gasteiger partial charge is 0.226 e. The van der Waals surface area contributed by atoms with Crippen molar-refractivity contribution < 1.29 is 9.59 Å². The Morgan fingerprint density at radius 2 is 1.96 bits per heavy atom. The Hall–Kier alpha value is -2.41. The third-order valence-corrected chi connectivity index (χ3v) is 6.12. The molecule has 7 heteroatoms. The van der Waals surface area contributed by atoms with E-state index in [9.17, 15) is 9.59 Å². The van der Waals surface area contributed by atoms with E-state index in [4.69, 9.17) is 0 Å². The van der Waals surface area contributed by atoms with Gasteiger partial charge in [-0.2, -0.15) is 0 Å². The van der Waals surface area contributed by atoms with Crippen LogP contribution in [0.5, 0.6) is 0 Å². The first-order chi connectivity index (χ1) is 13.5. The van der Waals surface area contributed by atoms with Gasteiger partial charge in [0.15, 0.2) is 0 Å². The number of fused-ring (bicyclic) bond motifs is 1. The topological polar surface area (TPSA) is 79.3 Å². The van der Waals surface area contributed by atoms with Crippen molar-refractivity contribution in [3.63, 3.8) is 0 Å². The molecule has 7 nitrogen and oxygen atoms in total. The summed E-state index contributed by atoms with van der Waals surface area (Å²) in [5.41, 5.74) is 3.07. The van der Waals surface area contributed by atoms with Crippen LogP contribution in [0.25, 0.3) is 11.0 Å². The molecule has 150 valence electrons. The van der Waals surface area contributed by atoms with E-state index in [1.54, 1.807) is 0 Å². The van der Waals surface area contributed by atoms with Crippen molar-refractivity contribution in [3.8, 4) is 0 Å². The van der Waals surface area contributed by atoms with Crippen LogP contribution in [0.4, 0.5) is 0 Å². The average Bonchev–Trinajstić information content (AvgIpc) is 3.34. The van der Waals surface area contributed by atoms with Crippen molar-refractivity contribution in [1.29, 1.82) is 0 Å². The number of aromatic nitrogens is 2. The number of carbonyl (C=O) groups is 2. The fourth-order valence-electron chi connectivity index (χ4n) is 4.33. The van der Waals surface area contributed by atoms with Gasteiger partial charge in [0.2, 0.25) is 11.8 Å². The maximum atomic E-state index is 12.7. The molecule has 3 heterocycles. The van der Waals surface area contributed by atoms with Crippen LogP contribution < -0.4 is 10.6 Å². The lowest BCUT2D eigenvalue weighted by molar-refractivity contribution is -0.136. The number of benzene rings is 1. The third-order valence-electron chi connectivity index (χ3n) is 6.12. The summed E-state index contributed by atoms with van der Waals surface area (Å²) in [5, 5.41) is 6.33. The van der Waals surface area contributed by atoms with Crippen LogP contribution >= 0.6 is 0 Å². The van der Waals surface area contributed by atoms with Crippen LogP contribution in [0.1, 0.15) is 30.7 Å². The minimum atomic E-state index is -0.161. The largest absolute Gasteiger partial charge is 0.352 e. The van der Waals surface area contributed by atoms with Gasteiger partial charge in [0, 0.05) is 39.8 Å². The number of rotatable bonds is 4. The minimum absolute atomic E-state index is 0.0173. The quantitative estimate of drug-likeness (QED) is 0.835. The van der Waals surface area contributed by atoms with Crippen molar-refractivity contribution in [2.75, 3.05) is 26.2 Å². The van der Waals surface area contributed by atoms with Crippen molar-refractivity contribution in [3.05, 3.63) is 29.6 Å². The van der Waals surface area contributed by atoms with Crippen LogP contribution in [0.3, 0.4) is 0 Å². The summed E-state index contributed by atoms with van der Waals surface area (Å²) in [6, 6.07) is 6.10. The van der Waals surface area contributed by atoms with Crippen molar-refractivity contribution in [1.82, 2.24) is 25.1 Å². The van der Waals surface area contributed by atoms with Gasteiger partial charge in [-0.15, -0.1) is 0 Å². The monoisotopic (exact) mass is 383 g/mol. The number of hydrogen-bond donors (Lipinski definition) is 2. The predicted molar refractivity (Wildman–Crippen MR) is 108 cm³/mol. The molecule has 2 aliphatic heterocycles. The maximum absolute atomic E-state index is 12.7. The van der Waals surface area contributed by atoms with E-state index in [1.807, 2.05) is 37.1 Å². The van der Waals surface area contributed by atoms with E-state index in [2.05, 4.69) is 20.2 Å². The summed E-state index contributed by atoms with van der Waals surface area (Å²) in [7, 11) is 2.00. The molecule has 0 bridgehead atoms. The highest BCUT2D eigenvalue weighted by molar-refractivity contribution is 5.83. The summed E-state index contributed by atoms with van der Waals surface area (Å²) < 4.78 is 2.06. The number of likely N-dealkylation sites (tertiary alicyclic amines) is 1. The highest BCUT2D eigenvalue weighted by Gasteiger charge is 2.33. The molecule has 2 saturated heterocycles. The first kappa shape index (κ1) is 18.9. The van der Waals surface area contributed by atoms with E-state index < -0.39 is 0 Å². The van der Waals surface area contributed by atoms with Crippen molar-refractivity contribution in [2.24, 2.45) is 18.9 Å². The number of aryl methyl sites for hydroxylation is 2. The van der Waals surface area contributed by atoms with Crippen LogP contribution in [-0.4, -0.2) is 52.4 Å². The number of imidazole rings is 1. The van der Waals surface area contributed by atoms with E-state index in [0.717, 1.165) is 48.4 Å². The lowest BCUT2D eigenvalue weighted by atomic mass is 9.89. The Labute approximate surface area is 165 Å². The first-order valence-electron chi connectivity index (χ1n) is 10.2. The summed E-state index contributed by atoms with van der Waals surface area (Å²) in [6.45, 7) is 5.50. The molecule has 28 heavy (non-hydrogen) atoms. The van der Waals surface area contributed by atoms with Crippen LogP contribution in [0.15, 0.2) is 18.2 Å². The number of carbonyl (C=O) groups excluding carboxylic acids is 2. The molecule has 2 amide bonds. The lowest BCUT2D eigenvalue weighted by Gasteiger charge is -2.31. The van der Waals surface area contributed by atoms with Gasteiger partial charge in [0.25, 0.3) is 0 Å². The highest BCUT2D eigenvalue weighted by Crippen LogP contribution is 2.22. The number of piperidine rings is 1. The Morgan fingerprint density at radius 1 is 1.21 bits per heavy atom. The molecule has 2 aromatic rings. The molecule has 2 fully saturated rings. The van der Waals surface area contributed by atoms with Gasteiger partial charge in [-0.25, -0.2) is 4.98 Å². The first-order valence-corrected chi connectivity index (χ1v) is 10.2. The Kier molecular flexibility index (Phi) is 5.35. The van der Waals surface area contributed by atoms with Gasteiger partial charge in [-0.05, 0) is 43.9 Å². The van der Waals surface area contributed by atoms with Gasteiger partial charge in [-0.1, -0.05) is 6.07 Å². The van der Waals surface area contributed by atoms with Gasteiger partial charge >= 0.3 is 0 Å². The molecule has 2 N–H and O–H groups in total. The van der Waals surface area contributed by atoms with E-state index in [1.165, 1.54) is 0 Å². The predicted octanol–water partition coefficient (Wildman–Crippen LogP) is 1.35. The zero-order valence-electron chi connectivity index (χ0n) is 16.7. The molecule has 0 radical (unpaired) electrons. The Morgan fingerprint density at radius 3 is 2.75 bits per heavy atom. The van der Waals surface area contributed by atoms with Crippen molar-refractivity contribution >= 4 is 22.8 Å². The van der Waals surface area contributed by atoms with Gasteiger partial charge < -0.3 is 20.1 Å². The normalized spacial score (nSPS) is 22.6. The summed E-state index contributed by atoms with van der Waals surface area (Å²) in [4.78, 5) is 31.8. The molecule has 2 atom stereocenters. The van der Waals surface area contributed by atoms with Crippen LogP contribution in [0.2, 0.25) is 0 Å². The number of amides is 2.